The van der Waals surface area contributed by atoms with Gasteiger partial charge >= 0.3 is 0 Å². The monoisotopic (exact) mass is 302 g/mol. The van der Waals surface area contributed by atoms with E-state index in [4.69, 9.17) is 4.74 Å². The molecular weight excluding hydrogens is 276 g/mol. The lowest BCUT2D eigenvalue weighted by molar-refractivity contribution is -0.123. The second-order valence-electron chi connectivity index (χ2n) is 6.69. The summed E-state index contributed by atoms with van der Waals surface area (Å²) in [5.41, 5.74) is 2.22. The number of nitrogens with zero attached hydrogens (tertiary/aromatic N) is 1. The molecule has 120 valence electrons. The van der Waals surface area contributed by atoms with E-state index in [1.54, 1.807) is 6.20 Å². The summed E-state index contributed by atoms with van der Waals surface area (Å²) in [6.45, 7) is 11.4. The molecular formula is C18H26N2O2. The average molecular weight is 302 g/mol. The van der Waals surface area contributed by atoms with Gasteiger partial charge in [-0.05, 0) is 38.2 Å². The lowest BCUT2D eigenvalue weighted by Gasteiger charge is -2.10. The smallest absolute Gasteiger partial charge is 0.224 e. The van der Waals surface area contributed by atoms with Crippen LogP contribution < -0.4 is 10.1 Å². The Morgan fingerprint density at radius 1 is 1.45 bits per heavy atom. The maximum Gasteiger partial charge on any atom is 0.224 e. The molecule has 2 rings (SSSR count). The largest absolute Gasteiger partial charge is 0.478 e. The topological polar surface area (TPSA) is 51.2 Å². The number of allylic oxidation sites excluding steroid dienone is 2. The number of carbonyl (C=O) groups excluding carboxylic acids is 1. The van der Waals surface area contributed by atoms with E-state index < -0.39 is 0 Å². The van der Waals surface area contributed by atoms with Crippen molar-refractivity contribution in [1.82, 2.24) is 10.3 Å². The van der Waals surface area contributed by atoms with Gasteiger partial charge in [0.05, 0.1) is 12.5 Å². The normalized spacial score (nSPS) is 21.9. The van der Waals surface area contributed by atoms with Gasteiger partial charge in [-0.3, -0.25) is 4.79 Å². The number of hydrogen-bond donors (Lipinski definition) is 1. The highest BCUT2D eigenvalue weighted by molar-refractivity contribution is 5.83. The molecule has 1 aliphatic rings. The Bertz CT molecular complexity index is 574. The Kier molecular flexibility index (Phi) is 4.89. The van der Waals surface area contributed by atoms with Crippen LogP contribution in [0.5, 0.6) is 5.88 Å². The lowest BCUT2D eigenvalue weighted by Crippen LogP contribution is -2.26. The lowest BCUT2D eigenvalue weighted by atomic mass is 10.1. The predicted octanol–water partition coefficient (Wildman–Crippen LogP) is 3.33. The van der Waals surface area contributed by atoms with Crippen molar-refractivity contribution < 1.29 is 9.53 Å². The van der Waals surface area contributed by atoms with Crippen LogP contribution in [0.4, 0.5) is 0 Å². The van der Waals surface area contributed by atoms with Gasteiger partial charge in [0.2, 0.25) is 11.8 Å². The summed E-state index contributed by atoms with van der Waals surface area (Å²) in [6, 6.07) is 3.79. The van der Waals surface area contributed by atoms with Gasteiger partial charge in [0.25, 0.3) is 0 Å². The van der Waals surface area contributed by atoms with E-state index in [-0.39, 0.29) is 17.2 Å². The zero-order valence-electron chi connectivity index (χ0n) is 14.1. The maximum atomic E-state index is 12.5. The van der Waals surface area contributed by atoms with E-state index in [9.17, 15) is 4.79 Å². The van der Waals surface area contributed by atoms with Gasteiger partial charge in [0.15, 0.2) is 0 Å². The van der Waals surface area contributed by atoms with Crippen LogP contribution in [0.1, 0.15) is 40.2 Å². The molecule has 22 heavy (non-hydrogen) atoms. The highest BCUT2D eigenvalue weighted by Crippen LogP contribution is 2.59. The van der Waals surface area contributed by atoms with Gasteiger partial charge in [-0.25, -0.2) is 4.98 Å². The van der Waals surface area contributed by atoms with E-state index in [0.29, 0.717) is 24.9 Å². The first-order valence-electron chi connectivity index (χ1n) is 7.87. The first-order chi connectivity index (χ1) is 10.4. The number of rotatable bonds is 6. The standard InChI is InChI=1S/C18H26N2O2/c1-6-22-17-13(8-7-9-19-17)11-20-16(21)15-14(10-12(2)3)18(15,4)5/h7-10,14-15H,6,11H2,1-5H3,(H,20,21)/t14-,15-/m1/s1. The highest BCUT2D eigenvalue weighted by atomic mass is 16.5. The van der Waals surface area contributed by atoms with Crippen molar-refractivity contribution >= 4 is 5.91 Å². The Morgan fingerprint density at radius 3 is 2.82 bits per heavy atom. The second-order valence-corrected chi connectivity index (χ2v) is 6.69. The van der Waals surface area contributed by atoms with Crippen molar-refractivity contribution in [1.29, 1.82) is 0 Å². The van der Waals surface area contributed by atoms with Gasteiger partial charge < -0.3 is 10.1 Å². The van der Waals surface area contributed by atoms with Crippen LogP contribution in [0.2, 0.25) is 0 Å². The Balaban J connectivity index is 1.98. The summed E-state index contributed by atoms with van der Waals surface area (Å²) in [4.78, 5) is 16.7. The van der Waals surface area contributed by atoms with Gasteiger partial charge in [0.1, 0.15) is 0 Å². The van der Waals surface area contributed by atoms with E-state index in [1.165, 1.54) is 5.57 Å². The molecule has 0 radical (unpaired) electrons. The minimum absolute atomic E-state index is 0.0407. The number of amides is 1. The molecule has 1 aromatic heterocycles. The highest BCUT2D eigenvalue weighted by Gasteiger charge is 2.60. The van der Waals surface area contributed by atoms with Crippen molar-refractivity contribution in [2.75, 3.05) is 6.61 Å². The van der Waals surface area contributed by atoms with Crippen LogP contribution in [-0.2, 0) is 11.3 Å². The molecule has 0 spiro atoms. The van der Waals surface area contributed by atoms with Crippen LogP contribution in [-0.4, -0.2) is 17.5 Å². The molecule has 1 N–H and O–H groups in total. The minimum Gasteiger partial charge on any atom is -0.478 e. The fourth-order valence-electron chi connectivity index (χ4n) is 2.97. The molecule has 2 atom stereocenters. The quantitative estimate of drug-likeness (QED) is 0.820. The fraction of sp³-hybridized carbons (Fsp3) is 0.556. The van der Waals surface area contributed by atoms with Crippen LogP contribution in [0.25, 0.3) is 0 Å². The molecule has 0 aromatic carbocycles. The molecule has 0 saturated heterocycles. The Hall–Kier alpha value is -1.84. The predicted molar refractivity (Wildman–Crippen MR) is 87.4 cm³/mol. The van der Waals surface area contributed by atoms with Crippen molar-refractivity contribution in [2.24, 2.45) is 17.3 Å². The Morgan fingerprint density at radius 2 is 2.18 bits per heavy atom. The molecule has 0 aliphatic heterocycles. The van der Waals surface area contributed by atoms with Crippen LogP contribution in [0, 0.1) is 17.3 Å². The first-order valence-corrected chi connectivity index (χ1v) is 7.87. The number of pyridine rings is 1. The molecule has 1 saturated carbocycles. The molecule has 0 unspecified atom stereocenters. The number of hydrogen-bond acceptors (Lipinski definition) is 3. The van der Waals surface area contributed by atoms with Crippen molar-refractivity contribution in [3.8, 4) is 5.88 Å². The summed E-state index contributed by atoms with van der Waals surface area (Å²) in [7, 11) is 0. The van der Waals surface area contributed by atoms with Crippen LogP contribution >= 0.6 is 0 Å². The van der Waals surface area contributed by atoms with Gasteiger partial charge in [-0.2, -0.15) is 0 Å². The van der Waals surface area contributed by atoms with Gasteiger partial charge in [-0.15, -0.1) is 0 Å². The van der Waals surface area contributed by atoms with Gasteiger partial charge in [0, 0.05) is 18.3 Å². The van der Waals surface area contributed by atoms with Crippen LogP contribution in [0.3, 0.4) is 0 Å². The second kappa shape index (κ2) is 6.51. The first kappa shape index (κ1) is 16.5. The van der Waals surface area contributed by atoms with Crippen molar-refractivity contribution in [3.05, 3.63) is 35.5 Å². The van der Waals surface area contributed by atoms with Gasteiger partial charge in [-0.1, -0.05) is 31.6 Å². The van der Waals surface area contributed by atoms with E-state index in [2.05, 4.69) is 44.1 Å². The SMILES string of the molecule is CCOc1ncccc1CNC(=O)[C@H]1[C@@H](C=C(C)C)C1(C)C. The van der Waals surface area contributed by atoms with Crippen molar-refractivity contribution in [2.45, 2.75) is 41.2 Å². The number of carbonyl (C=O) groups is 1. The molecule has 4 nitrogen and oxygen atoms in total. The number of nitrogens with one attached hydrogen (secondary N) is 1. The maximum absolute atomic E-state index is 12.5. The zero-order chi connectivity index (χ0) is 16.3. The van der Waals surface area contributed by atoms with Crippen LogP contribution in [0.15, 0.2) is 30.0 Å². The third-order valence-electron chi connectivity index (χ3n) is 4.29. The zero-order valence-corrected chi connectivity index (χ0v) is 14.1. The summed E-state index contributed by atoms with van der Waals surface area (Å²) in [6.07, 6.45) is 3.91. The average Bonchev–Trinajstić information content (AvgIpc) is 2.98. The fourth-order valence-corrected chi connectivity index (χ4v) is 2.97. The Labute approximate surface area is 133 Å². The summed E-state index contributed by atoms with van der Waals surface area (Å²) in [5, 5.41) is 3.03. The molecule has 1 fully saturated rings. The number of aromatic nitrogens is 1. The molecule has 1 aromatic rings. The number of ether oxygens (including phenoxy) is 1. The van der Waals surface area contributed by atoms with Crippen molar-refractivity contribution in [3.63, 3.8) is 0 Å². The third kappa shape index (κ3) is 3.49. The summed E-state index contributed by atoms with van der Waals surface area (Å²) < 4.78 is 5.49. The molecule has 4 heteroatoms. The van der Waals surface area contributed by atoms with E-state index in [0.717, 1.165) is 5.56 Å². The summed E-state index contributed by atoms with van der Waals surface area (Å²) >= 11 is 0. The minimum atomic E-state index is 0.0407. The van der Waals surface area contributed by atoms with E-state index >= 15 is 0 Å². The van der Waals surface area contributed by atoms with E-state index in [1.807, 2.05) is 19.1 Å². The molecule has 1 amide bonds. The summed E-state index contributed by atoms with van der Waals surface area (Å²) in [5.74, 6) is 1.09. The molecule has 0 bridgehead atoms. The molecule has 1 aliphatic carbocycles. The molecule has 1 heterocycles. The third-order valence-corrected chi connectivity index (χ3v) is 4.29.